The third kappa shape index (κ3) is 3.24. The molecule has 0 aromatic carbocycles. The van der Waals surface area contributed by atoms with Crippen molar-refractivity contribution >= 4 is 23.1 Å². The van der Waals surface area contributed by atoms with Gasteiger partial charge in [0.05, 0.1) is 13.7 Å². The van der Waals surface area contributed by atoms with Gasteiger partial charge in [-0.1, -0.05) is 6.92 Å². The molecule has 1 fully saturated rings. The topological polar surface area (TPSA) is 105 Å². The van der Waals surface area contributed by atoms with Crippen molar-refractivity contribution in [1.82, 2.24) is 24.0 Å². The van der Waals surface area contributed by atoms with Crippen LogP contribution in [-0.2, 0) is 23.1 Å². The molecule has 3 heterocycles. The number of carbonyl (C=O) groups excluding carboxylic acids is 1. The highest BCUT2D eigenvalue weighted by atomic mass is 16.5. The first-order chi connectivity index (χ1) is 12.5. The molecular weight excluding hydrogens is 340 g/mol. The first-order valence-corrected chi connectivity index (χ1v) is 8.70. The molecule has 0 aliphatic carbocycles. The molecule has 0 atom stereocenters. The predicted molar refractivity (Wildman–Crippen MR) is 96.6 cm³/mol. The average Bonchev–Trinajstić information content (AvgIpc) is 3.01. The normalized spacial score (nSPS) is 15.6. The third-order valence-corrected chi connectivity index (χ3v) is 4.67. The lowest BCUT2D eigenvalue weighted by Crippen LogP contribution is -2.48. The molecule has 1 saturated heterocycles. The number of aryl methyl sites for hydroxylation is 2. The minimum Gasteiger partial charge on any atom is -0.468 e. The van der Waals surface area contributed by atoms with Crippen molar-refractivity contribution in [2.24, 2.45) is 7.05 Å². The maximum absolute atomic E-state index is 12.3. The van der Waals surface area contributed by atoms with Gasteiger partial charge in [0.2, 0.25) is 5.95 Å². The number of nitrogens with zero attached hydrogens (tertiary/aromatic N) is 5. The number of fused-ring (bicyclic) bond motifs is 1. The highest BCUT2D eigenvalue weighted by molar-refractivity contribution is 5.74. The van der Waals surface area contributed by atoms with Crippen LogP contribution in [0.5, 0.6) is 0 Å². The number of H-pyrrole nitrogens is 1. The van der Waals surface area contributed by atoms with Gasteiger partial charge in [-0.05, 0) is 6.42 Å². The molecule has 0 unspecified atom stereocenters. The molecule has 1 aliphatic rings. The van der Waals surface area contributed by atoms with Crippen LogP contribution in [0, 0.1) is 0 Å². The molecule has 1 N–H and O–H groups in total. The zero-order chi connectivity index (χ0) is 18.8. The summed E-state index contributed by atoms with van der Waals surface area (Å²) < 4.78 is 7.95. The monoisotopic (exact) mass is 364 g/mol. The first kappa shape index (κ1) is 18.2. The number of ether oxygens (including phenoxy) is 1. The maximum Gasteiger partial charge on any atom is 0.329 e. The fourth-order valence-corrected chi connectivity index (χ4v) is 3.25. The second-order valence-electron chi connectivity index (χ2n) is 6.39. The first-order valence-electron chi connectivity index (χ1n) is 8.70. The Balaban J connectivity index is 1.93. The summed E-state index contributed by atoms with van der Waals surface area (Å²) in [6, 6.07) is 0. The minimum atomic E-state index is -0.474. The van der Waals surface area contributed by atoms with Gasteiger partial charge < -0.3 is 14.2 Å². The smallest absolute Gasteiger partial charge is 0.329 e. The van der Waals surface area contributed by atoms with Crippen LogP contribution in [0.2, 0.25) is 0 Å². The van der Waals surface area contributed by atoms with Gasteiger partial charge in [-0.2, -0.15) is 4.98 Å². The largest absolute Gasteiger partial charge is 0.468 e. The van der Waals surface area contributed by atoms with Crippen molar-refractivity contribution in [2.45, 2.75) is 19.9 Å². The van der Waals surface area contributed by atoms with E-state index in [0.29, 0.717) is 49.8 Å². The van der Waals surface area contributed by atoms with Crippen molar-refractivity contribution in [2.75, 3.05) is 44.7 Å². The Labute approximate surface area is 150 Å². The number of piperazine rings is 1. The highest BCUT2D eigenvalue weighted by Gasteiger charge is 2.25. The molecule has 0 amide bonds. The van der Waals surface area contributed by atoms with E-state index in [0.717, 1.165) is 6.42 Å². The lowest BCUT2D eigenvalue weighted by Gasteiger charge is -2.34. The van der Waals surface area contributed by atoms with Gasteiger partial charge in [-0.15, -0.1) is 0 Å². The molecule has 0 spiro atoms. The number of anilines is 1. The van der Waals surface area contributed by atoms with E-state index in [2.05, 4.69) is 14.9 Å². The number of carbonyl (C=O) groups is 1. The fraction of sp³-hybridized carbons (Fsp3) is 0.625. The van der Waals surface area contributed by atoms with Gasteiger partial charge in [-0.25, -0.2) is 4.79 Å². The van der Waals surface area contributed by atoms with Crippen LogP contribution in [0.4, 0.5) is 5.95 Å². The van der Waals surface area contributed by atoms with Crippen LogP contribution in [-0.4, -0.2) is 69.8 Å². The Morgan fingerprint density at radius 3 is 2.54 bits per heavy atom. The molecule has 10 heteroatoms. The maximum atomic E-state index is 12.3. The van der Waals surface area contributed by atoms with E-state index in [-0.39, 0.29) is 12.5 Å². The molecule has 10 nitrogen and oxygen atoms in total. The summed E-state index contributed by atoms with van der Waals surface area (Å²) in [4.78, 5) is 46.7. The number of hydrogen-bond acceptors (Lipinski definition) is 7. The standard InChI is InChI=1S/C16H24N6O4/c1-4-5-22-12-13(19(2)16(25)18-14(12)24)17-15(22)21-8-6-20(7-9-21)10-11(23)26-3/h4-10H2,1-3H3,(H,18,24,25). The van der Waals surface area contributed by atoms with Crippen molar-refractivity contribution in [3.05, 3.63) is 20.8 Å². The highest BCUT2D eigenvalue weighted by Crippen LogP contribution is 2.21. The molecule has 3 rings (SSSR count). The number of nitrogens with one attached hydrogen (secondary N) is 1. The molecule has 26 heavy (non-hydrogen) atoms. The van der Waals surface area contributed by atoms with Crippen molar-refractivity contribution < 1.29 is 9.53 Å². The number of aromatic amines is 1. The van der Waals surface area contributed by atoms with Crippen LogP contribution in [0.25, 0.3) is 11.2 Å². The molecule has 2 aromatic heterocycles. The van der Waals surface area contributed by atoms with Gasteiger partial charge in [0.1, 0.15) is 0 Å². The number of hydrogen-bond donors (Lipinski definition) is 1. The second-order valence-corrected chi connectivity index (χ2v) is 6.39. The van der Waals surface area contributed by atoms with Crippen LogP contribution in [0.1, 0.15) is 13.3 Å². The van der Waals surface area contributed by atoms with Gasteiger partial charge in [0, 0.05) is 39.8 Å². The van der Waals surface area contributed by atoms with E-state index >= 15 is 0 Å². The summed E-state index contributed by atoms with van der Waals surface area (Å²) in [6.07, 6.45) is 0.836. The minimum absolute atomic E-state index is 0.252. The van der Waals surface area contributed by atoms with E-state index < -0.39 is 11.2 Å². The Morgan fingerprint density at radius 2 is 1.92 bits per heavy atom. The Bertz CT molecular complexity index is 919. The van der Waals surface area contributed by atoms with E-state index in [1.54, 1.807) is 7.05 Å². The zero-order valence-electron chi connectivity index (χ0n) is 15.3. The summed E-state index contributed by atoms with van der Waals surface area (Å²) >= 11 is 0. The van der Waals surface area contributed by atoms with E-state index in [1.165, 1.54) is 11.7 Å². The molecule has 2 aromatic rings. The second kappa shape index (κ2) is 7.32. The number of rotatable bonds is 5. The molecule has 0 radical (unpaired) electrons. The van der Waals surface area contributed by atoms with E-state index in [1.807, 2.05) is 16.4 Å². The summed E-state index contributed by atoms with van der Waals surface area (Å²) in [5.41, 5.74) is -0.0853. The Hall–Kier alpha value is -2.62. The molecule has 0 bridgehead atoms. The number of esters is 1. The van der Waals surface area contributed by atoms with Crippen LogP contribution in [0.3, 0.4) is 0 Å². The van der Waals surface area contributed by atoms with Gasteiger partial charge in [0.25, 0.3) is 5.56 Å². The molecule has 0 saturated carbocycles. The summed E-state index contributed by atoms with van der Waals surface area (Å²) in [5.74, 6) is 0.435. The van der Waals surface area contributed by atoms with Crippen molar-refractivity contribution in [3.8, 4) is 0 Å². The zero-order valence-corrected chi connectivity index (χ0v) is 15.3. The summed E-state index contributed by atoms with van der Waals surface area (Å²) in [6.45, 7) is 5.67. The summed E-state index contributed by atoms with van der Waals surface area (Å²) in [5, 5.41) is 0. The summed E-state index contributed by atoms with van der Waals surface area (Å²) in [7, 11) is 2.98. The van der Waals surface area contributed by atoms with E-state index in [9.17, 15) is 14.4 Å². The van der Waals surface area contributed by atoms with Crippen LogP contribution in [0.15, 0.2) is 9.59 Å². The average molecular weight is 364 g/mol. The lowest BCUT2D eigenvalue weighted by molar-refractivity contribution is -0.142. The fourth-order valence-electron chi connectivity index (χ4n) is 3.25. The van der Waals surface area contributed by atoms with Gasteiger partial charge in [-0.3, -0.25) is 24.0 Å². The molecule has 1 aliphatic heterocycles. The number of imidazole rings is 1. The van der Waals surface area contributed by atoms with Gasteiger partial charge >= 0.3 is 11.7 Å². The molecular formula is C16H24N6O4. The van der Waals surface area contributed by atoms with E-state index in [4.69, 9.17) is 4.74 Å². The Kier molecular flexibility index (Phi) is 5.12. The van der Waals surface area contributed by atoms with Crippen LogP contribution >= 0.6 is 0 Å². The van der Waals surface area contributed by atoms with Crippen molar-refractivity contribution in [1.29, 1.82) is 0 Å². The number of aromatic nitrogens is 4. The van der Waals surface area contributed by atoms with Crippen LogP contribution < -0.4 is 16.1 Å². The lowest BCUT2D eigenvalue weighted by atomic mass is 10.3. The quantitative estimate of drug-likeness (QED) is 0.688. The third-order valence-electron chi connectivity index (χ3n) is 4.67. The van der Waals surface area contributed by atoms with Crippen molar-refractivity contribution in [3.63, 3.8) is 0 Å². The SMILES string of the molecule is CCCn1c(N2CCN(CC(=O)OC)CC2)nc2c1c(=O)[nH]c(=O)n2C. The predicted octanol–water partition coefficient (Wildman–Crippen LogP) is -0.872. The molecule has 142 valence electrons. The number of methoxy groups -OCH3 is 1. The Morgan fingerprint density at radius 1 is 1.23 bits per heavy atom. The van der Waals surface area contributed by atoms with Gasteiger partial charge in [0.15, 0.2) is 11.2 Å².